The molecule has 5 rings (SSSR count). The number of primary amides is 1. The molecular formula is C41H71N7O5. The highest BCUT2D eigenvalue weighted by Gasteiger charge is 2.52. The Balaban J connectivity index is 1.36. The molecule has 5 aliphatic rings. The molecule has 2 saturated heterocycles. The lowest BCUT2D eigenvalue weighted by Crippen LogP contribution is -2.66. The van der Waals surface area contributed by atoms with Crippen LogP contribution in [0.4, 0.5) is 4.79 Å². The second kappa shape index (κ2) is 16.2. The van der Waals surface area contributed by atoms with Crippen LogP contribution in [-0.4, -0.2) is 113 Å². The number of likely N-dealkylation sites (N-methyl/N-ethyl adjacent to an activating group) is 1. The minimum absolute atomic E-state index is 0.0358. The molecule has 2 aliphatic heterocycles. The van der Waals surface area contributed by atoms with E-state index in [0.29, 0.717) is 25.3 Å². The number of carbonyl (C=O) groups is 5. The number of hydrogen-bond donors (Lipinski definition) is 4. The predicted molar refractivity (Wildman–Crippen MR) is 207 cm³/mol. The maximum atomic E-state index is 14.9. The number of Topliss-reactive ketones (excluding diaryl/α,β-unsaturated/α-hetero) is 1. The molecule has 5 N–H and O–H groups in total. The number of piperazine rings is 1. The van der Waals surface area contributed by atoms with Crippen LogP contribution in [0, 0.1) is 28.6 Å². The first-order valence-corrected chi connectivity index (χ1v) is 20.7. The minimum Gasteiger partial charge on any atom is -0.363 e. The van der Waals surface area contributed by atoms with Crippen molar-refractivity contribution in [2.75, 3.05) is 39.8 Å². The molecule has 0 aromatic heterocycles. The summed E-state index contributed by atoms with van der Waals surface area (Å²) in [6, 6.07) is -3.10. The summed E-state index contributed by atoms with van der Waals surface area (Å²) >= 11 is 0. The second-order valence-corrected chi connectivity index (χ2v) is 19.9. The average molecular weight is 742 g/mol. The maximum Gasteiger partial charge on any atom is 0.315 e. The van der Waals surface area contributed by atoms with Crippen molar-refractivity contribution in [3.8, 4) is 0 Å². The van der Waals surface area contributed by atoms with Crippen LogP contribution in [0.3, 0.4) is 0 Å². The summed E-state index contributed by atoms with van der Waals surface area (Å²) in [5.74, 6) is -1.78. The number of urea groups is 1. The third kappa shape index (κ3) is 9.57. The van der Waals surface area contributed by atoms with Gasteiger partial charge in [-0.15, -0.1) is 0 Å². The van der Waals surface area contributed by atoms with E-state index in [-0.39, 0.29) is 34.7 Å². The summed E-state index contributed by atoms with van der Waals surface area (Å²) in [4.78, 5) is 74.8. The van der Waals surface area contributed by atoms with Crippen LogP contribution in [0.15, 0.2) is 0 Å². The van der Waals surface area contributed by atoms with Crippen molar-refractivity contribution in [1.82, 2.24) is 30.7 Å². The molecule has 4 atom stereocenters. The number of hydrogen-bond acceptors (Lipinski definition) is 7. The fraction of sp³-hybridized carbons (Fsp3) is 0.878. The third-order valence-electron chi connectivity index (χ3n) is 14.3. The van der Waals surface area contributed by atoms with Gasteiger partial charge in [-0.05, 0) is 88.0 Å². The molecule has 12 nitrogen and oxygen atoms in total. The number of nitrogens with two attached hydrogens (primary N) is 1. The molecule has 0 radical (unpaired) electrons. The highest BCUT2D eigenvalue weighted by atomic mass is 16.2. The van der Waals surface area contributed by atoms with Gasteiger partial charge in [0.1, 0.15) is 12.1 Å². The Kier molecular flexibility index (Phi) is 12.6. The summed E-state index contributed by atoms with van der Waals surface area (Å²) in [5, 5.41) is 9.42. The van der Waals surface area contributed by atoms with Crippen LogP contribution < -0.4 is 21.7 Å². The first-order valence-electron chi connectivity index (χ1n) is 20.7. The van der Waals surface area contributed by atoms with Crippen molar-refractivity contribution in [1.29, 1.82) is 0 Å². The molecule has 12 heteroatoms. The molecule has 53 heavy (non-hydrogen) atoms. The molecule has 3 saturated carbocycles. The Labute approximate surface area is 318 Å². The number of rotatable bonds is 13. The molecule has 0 bridgehead atoms. The molecule has 0 aromatic carbocycles. The fourth-order valence-corrected chi connectivity index (χ4v) is 9.76. The Morgan fingerprint density at radius 1 is 0.849 bits per heavy atom. The lowest BCUT2D eigenvalue weighted by molar-refractivity contribution is -0.143. The van der Waals surface area contributed by atoms with E-state index < -0.39 is 46.7 Å². The van der Waals surface area contributed by atoms with Crippen LogP contribution in [0.25, 0.3) is 0 Å². The molecule has 5 fully saturated rings. The Hall–Kier alpha value is -2.73. The summed E-state index contributed by atoms with van der Waals surface area (Å²) in [6.07, 6.45) is 12.2. The summed E-state index contributed by atoms with van der Waals surface area (Å²) in [7, 11) is 2.17. The topological polar surface area (TPSA) is 157 Å². The van der Waals surface area contributed by atoms with Gasteiger partial charge in [0.25, 0.3) is 5.91 Å². The lowest BCUT2D eigenvalue weighted by atomic mass is 9.61. The monoisotopic (exact) mass is 742 g/mol. The van der Waals surface area contributed by atoms with Gasteiger partial charge in [0.15, 0.2) is 0 Å². The maximum absolute atomic E-state index is 14.9. The molecule has 3 unspecified atom stereocenters. The summed E-state index contributed by atoms with van der Waals surface area (Å²) in [5.41, 5.74) is 4.32. The van der Waals surface area contributed by atoms with Crippen LogP contribution in [0.2, 0.25) is 0 Å². The van der Waals surface area contributed by atoms with Crippen molar-refractivity contribution < 1.29 is 24.0 Å². The molecule has 3 aliphatic carbocycles. The largest absolute Gasteiger partial charge is 0.363 e. The van der Waals surface area contributed by atoms with Gasteiger partial charge in [-0.25, -0.2) is 4.79 Å². The van der Waals surface area contributed by atoms with E-state index in [1.165, 1.54) is 6.42 Å². The number of nitrogens with zero attached hydrogens (tertiary/aromatic N) is 3. The van der Waals surface area contributed by atoms with E-state index in [1.807, 2.05) is 20.8 Å². The Bertz CT molecular complexity index is 1360. The number of amides is 5. The van der Waals surface area contributed by atoms with Crippen LogP contribution >= 0.6 is 0 Å². The van der Waals surface area contributed by atoms with Crippen molar-refractivity contribution in [3.05, 3.63) is 0 Å². The molecule has 2 heterocycles. The summed E-state index contributed by atoms with van der Waals surface area (Å²) < 4.78 is 0. The van der Waals surface area contributed by atoms with Crippen LogP contribution in [-0.2, 0) is 19.2 Å². The van der Waals surface area contributed by atoms with Gasteiger partial charge in [0.2, 0.25) is 17.6 Å². The van der Waals surface area contributed by atoms with Crippen LogP contribution in [0.5, 0.6) is 0 Å². The first-order chi connectivity index (χ1) is 24.7. The average Bonchev–Trinajstić information content (AvgIpc) is 3.48. The number of nitrogens with one attached hydrogen (secondary N) is 3. The number of likely N-dealkylation sites (tertiary alicyclic amines) is 1. The van der Waals surface area contributed by atoms with Gasteiger partial charge in [-0.1, -0.05) is 79.6 Å². The molecule has 0 aromatic rings. The summed E-state index contributed by atoms with van der Waals surface area (Å²) in [6.45, 7) is 18.8. The van der Waals surface area contributed by atoms with E-state index in [4.69, 9.17) is 5.73 Å². The number of carbonyl (C=O) groups excluding carboxylic acids is 5. The Morgan fingerprint density at radius 3 is 2.02 bits per heavy atom. The standard InChI is InChI=1S/C41H71N7O5/c1-38(2,3)33(44-37(53)45-41(18-10-9-11-19-41)26-47-21-20-46(8)39(4,5)25-47)36(52)48-24-29(40(6,7)28-16-13-17-28)23-31(48)35(51)43-30(32(49)34(42)50)22-27-14-12-15-27/h27-31,33H,9-26H2,1-8H3,(H2,42,50)(H,43,51)(H2,44,45,53)/t29?,30?,31?,33-/m0/s1. The molecule has 300 valence electrons. The zero-order chi connectivity index (χ0) is 38.9. The van der Waals surface area contributed by atoms with E-state index in [9.17, 15) is 24.0 Å². The van der Waals surface area contributed by atoms with E-state index in [1.54, 1.807) is 4.90 Å². The number of ketones is 1. The van der Waals surface area contributed by atoms with Crippen molar-refractivity contribution in [2.24, 2.45) is 34.3 Å². The zero-order valence-electron chi connectivity index (χ0n) is 34.2. The minimum atomic E-state index is -1.06. The van der Waals surface area contributed by atoms with Crippen molar-refractivity contribution >= 4 is 29.5 Å². The van der Waals surface area contributed by atoms with Gasteiger partial charge in [0.05, 0.1) is 11.6 Å². The fourth-order valence-electron chi connectivity index (χ4n) is 9.76. The SMILES string of the molecule is CN1CCN(CC2(NC(=O)N[C@@H](C(=O)N3CC(C(C)(C)C4CCC4)CC3C(=O)NC(CC3CCC3)C(=O)C(N)=O)C(C)(C)C)CCCCC2)CC1(C)C. The third-order valence-corrected chi connectivity index (χ3v) is 14.3. The van der Waals surface area contributed by atoms with Gasteiger partial charge in [0, 0.05) is 38.3 Å². The highest BCUT2D eigenvalue weighted by Crippen LogP contribution is 2.50. The van der Waals surface area contributed by atoms with E-state index >= 15 is 0 Å². The molecule has 0 spiro atoms. The van der Waals surface area contributed by atoms with Gasteiger partial charge >= 0.3 is 6.03 Å². The van der Waals surface area contributed by atoms with Gasteiger partial charge < -0.3 is 26.6 Å². The van der Waals surface area contributed by atoms with Gasteiger partial charge in [-0.2, -0.15) is 0 Å². The zero-order valence-corrected chi connectivity index (χ0v) is 34.2. The Morgan fingerprint density at radius 2 is 1.49 bits per heavy atom. The van der Waals surface area contributed by atoms with Crippen molar-refractivity contribution in [2.45, 2.75) is 161 Å². The van der Waals surface area contributed by atoms with Crippen LogP contribution in [0.1, 0.15) is 132 Å². The molecule has 5 amide bonds. The first kappa shape index (κ1) is 41.4. The molecular weight excluding hydrogens is 670 g/mol. The quantitative estimate of drug-likeness (QED) is 0.206. The predicted octanol–water partition coefficient (Wildman–Crippen LogP) is 4.20. The lowest BCUT2D eigenvalue weighted by Gasteiger charge is -2.49. The van der Waals surface area contributed by atoms with E-state index in [0.717, 1.165) is 90.4 Å². The van der Waals surface area contributed by atoms with Crippen molar-refractivity contribution in [3.63, 3.8) is 0 Å². The normalized spacial score (nSPS) is 26.8. The highest BCUT2D eigenvalue weighted by molar-refractivity contribution is 6.37. The second-order valence-electron chi connectivity index (χ2n) is 19.9. The smallest absolute Gasteiger partial charge is 0.315 e. The van der Waals surface area contributed by atoms with E-state index in [2.05, 4.69) is 60.5 Å². The van der Waals surface area contributed by atoms with Gasteiger partial charge in [-0.3, -0.25) is 29.0 Å².